The Balaban J connectivity index is 1.45. The first-order chi connectivity index (χ1) is 21.3. The van der Waals surface area contributed by atoms with Gasteiger partial charge in [-0.15, -0.1) is 0 Å². The molecule has 0 heterocycles. The maximum absolute atomic E-state index is 14.6. The van der Waals surface area contributed by atoms with E-state index in [9.17, 15) is 29.9 Å². The van der Waals surface area contributed by atoms with Gasteiger partial charge in [-0.3, -0.25) is 10.1 Å². The van der Waals surface area contributed by atoms with E-state index < -0.39 is 18.6 Å². The maximum atomic E-state index is 14.6. The van der Waals surface area contributed by atoms with Crippen molar-refractivity contribution in [1.82, 2.24) is 5.32 Å². The lowest BCUT2D eigenvalue weighted by molar-refractivity contribution is -0.140. The van der Waals surface area contributed by atoms with Gasteiger partial charge in [-0.2, -0.15) is 10.5 Å². The van der Waals surface area contributed by atoms with Gasteiger partial charge in [0.2, 0.25) is 0 Å². The first-order valence-corrected chi connectivity index (χ1v) is 14.2. The summed E-state index contributed by atoms with van der Waals surface area (Å²) in [6.07, 6.45) is 0.967. The van der Waals surface area contributed by atoms with E-state index in [1.54, 1.807) is 42.5 Å². The van der Waals surface area contributed by atoms with E-state index in [0.717, 1.165) is 16.7 Å². The van der Waals surface area contributed by atoms with Crippen molar-refractivity contribution in [2.24, 2.45) is 0 Å². The van der Waals surface area contributed by atoms with Crippen LogP contribution in [0.15, 0.2) is 72.8 Å². The number of halogens is 2. The van der Waals surface area contributed by atoms with Crippen LogP contribution in [0.4, 0.5) is 4.39 Å². The van der Waals surface area contributed by atoms with Gasteiger partial charge in [0, 0.05) is 23.7 Å². The van der Waals surface area contributed by atoms with Crippen LogP contribution in [-0.2, 0) is 24.4 Å². The molecule has 4 aromatic carbocycles. The highest BCUT2D eigenvalue weighted by atomic mass is 35.5. The van der Waals surface area contributed by atoms with E-state index in [4.69, 9.17) is 21.1 Å². The highest BCUT2D eigenvalue weighted by molar-refractivity contribution is 6.32. The molecule has 222 valence electrons. The van der Waals surface area contributed by atoms with E-state index >= 15 is 0 Å². The van der Waals surface area contributed by atoms with Gasteiger partial charge in [-0.25, -0.2) is 4.39 Å². The van der Waals surface area contributed by atoms with Crippen LogP contribution < -0.4 is 14.8 Å². The fraction of sp³-hybridized carbons (Fsp3) is 0.206. The molecule has 1 aliphatic carbocycles. The van der Waals surface area contributed by atoms with Gasteiger partial charge in [0.05, 0.1) is 34.9 Å². The van der Waals surface area contributed by atoms with Crippen molar-refractivity contribution in [2.45, 2.75) is 38.1 Å². The zero-order chi connectivity index (χ0) is 31.2. The lowest BCUT2D eigenvalue weighted by Crippen LogP contribution is -2.39. The molecular formula is C34H27ClFN3O5. The van der Waals surface area contributed by atoms with E-state index in [-0.39, 0.29) is 30.1 Å². The second kappa shape index (κ2) is 13.6. The summed E-state index contributed by atoms with van der Waals surface area (Å²) in [4.78, 5) is 11.4. The van der Waals surface area contributed by atoms with Gasteiger partial charge >= 0.3 is 5.97 Å². The Kier molecular flexibility index (Phi) is 9.42. The number of carbonyl (C=O) groups is 1. The fourth-order valence-electron chi connectivity index (χ4n) is 5.29. The van der Waals surface area contributed by atoms with Crippen LogP contribution in [0.1, 0.15) is 45.9 Å². The average Bonchev–Trinajstić information content (AvgIpc) is 3.44. The molecule has 3 N–H and O–H groups in total. The fourth-order valence-corrected chi connectivity index (χ4v) is 5.52. The van der Waals surface area contributed by atoms with Crippen molar-refractivity contribution in [2.75, 3.05) is 6.61 Å². The number of fused-ring (bicyclic) bond motifs is 1. The summed E-state index contributed by atoms with van der Waals surface area (Å²) >= 11 is 6.67. The number of aliphatic hydroxyl groups excluding tert-OH is 1. The van der Waals surface area contributed by atoms with Crippen molar-refractivity contribution in [3.8, 4) is 34.8 Å². The molecule has 0 spiro atoms. The Morgan fingerprint density at radius 1 is 1.02 bits per heavy atom. The Morgan fingerprint density at radius 2 is 1.75 bits per heavy atom. The van der Waals surface area contributed by atoms with Gasteiger partial charge in [0.25, 0.3) is 0 Å². The van der Waals surface area contributed by atoms with E-state index in [1.165, 1.54) is 12.1 Å². The largest absolute Gasteiger partial charge is 0.488 e. The van der Waals surface area contributed by atoms with Crippen molar-refractivity contribution in [1.29, 1.82) is 10.5 Å². The molecule has 0 saturated carbocycles. The number of nitriles is 2. The Hall–Kier alpha value is -4.93. The molecule has 0 fully saturated rings. The van der Waals surface area contributed by atoms with Crippen LogP contribution >= 0.6 is 11.6 Å². The van der Waals surface area contributed by atoms with E-state index in [0.29, 0.717) is 52.2 Å². The standard InChI is InChI=1S/C34H27ClFN3O5/c35-28-13-23(17-39-30(18-40)34(41)42)32(43-19-22-11-20(15-37)10-21(12-22)16-38)14-33(28)44-31-9-8-25-24(5-3-6-27(25)31)26-4-1-2-7-29(26)36/h1-7,10-14,30-31,39-40H,8-9,17-19H2,(H,41,42)/t30?,31-/m0/s1. The van der Waals surface area contributed by atoms with Crippen LogP contribution in [0, 0.1) is 28.5 Å². The molecule has 5 rings (SSSR count). The minimum Gasteiger partial charge on any atom is -0.488 e. The molecule has 0 radical (unpaired) electrons. The zero-order valence-corrected chi connectivity index (χ0v) is 24.1. The maximum Gasteiger partial charge on any atom is 0.323 e. The van der Waals surface area contributed by atoms with Crippen LogP contribution in [0.25, 0.3) is 11.1 Å². The molecule has 0 amide bonds. The number of ether oxygens (including phenoxy) is 2. The average molecular weight is 612 g/mol. The third-order valence-electron chi connectivity index (χ3n) is 7.43. The number of carboxylic acid groups (broad SMARTS) is 1. The molecule has 0 aromatic heterocycles. The third kappa shape index (κ3) is 6.66. The van der Waals surface area contributed by atoms with E-state index in [1.807, 2.05) is 30.3 Å². The summed E-state index contributed by atoms with van der Waals surface area (Å²) in [5, 5.41) is 40.5. The molecule has 4 aromatic rings. The first kappa shape index (κ1) is 30.5. The molecule has 0 aliphatic heterocycles. The summed E-state index contributed by atoms with van der Waals surface area (Å²) in [7, 11) is 0. The monoisotopic (exact) mass is 611 g/mol. The molecule has 8 nitrogen and oxygen atoms in total. The first-order valence-electron chi connectivity index (χ1n) is 13.8. The highest BCUT2D eigenvalue weighted by Gasteiger charge is 2.28. The molecule has 0 saturated heterocycles. The molecule has 10 heteroatoms. The predicted octanol–water partition coefficient (Wildman–Crippen LogP) is 6.07. The van der Waals surface area contributed by atoms with Crippen LogP contribution in [0.3, 0.4) is 0 Å². The predicted molar refractivity (Wildman–Crippen MR) is 161 cm³/mol. The Bertz CT molecular complexity index is 1770. The molecule has 1 aliphatic rings. The number of benzene rings is 4. The smallest absolute Gasteiger partial charge is 0.323 e. The van der Waals surface area contributed by atoms with Gasteiger partial charge in [0.1, 0.15) is 36.1 Å². The second-order valence-electron chi connectivity index (χ2n) is 10.3. The van der Waals surface area contributed by atoms with Gasteiger partial charge in [0.15, 0.2) is 0 Å². The van der Waals surface area contributed by atoms with E-state index in [2.05, 4.69) is 5.32 Å². The molecule has 1 unspecified atom stereocenters. The Labute approximate surface area is 258 Å². The number of hydrogen-bond donors (Lipinski definition) is 3. The number of nitrogens with one attached hydrogen (secondary N) is 1. The minimum absolute atomic E-state index is 0.00110. The Morgan fingerprint density at radius 3 is 2.43 bits per heavy atom. The summed E-state index contributed by atoms with van der Waals surface area (Å²) in [6.45, 7) is -0.611. The number of rotatable bonds is 11. The van der Waals surface area contributed by atoms with Crippen molar-refractivity contribution in [3.63, 3.8) is 0 Å². The number of hydrogen-bond acceptors (Lipinski definition) is 7. The molecule has 0 bridgehead atoms. The van der Waals surface area contributed by atoms with Gasteiger partial charge in [-0.1, -0.05) is 48.0 Å². The van der Waals surface area contributed by atoms with Crippen molar-refractivity contribution < 1.29 is 28.9 Å². The lowest BCUT2D eigenvalue weighted by atomic mass is 9.96. The number of carboxylic acids is 1. The number of aliphatic hydroxyl groups is 1. The van der Waals surface area contributed by atoms with Gasteiger partial charge in [-0.05, 0) is 65.4 Å². The number of nitrogens with zero attached hydrogens (tertiary/aromatic N) is 2. The van der Waals surface area contributed by atoms with Crippen LogP contribution in [0.2, 0.25) is 5.02 Å². The SMILES string of the molecule is N#Cc1cc(C#N)cc(COc2cc(O[C@H]3CCc4c(-c5ccccc5F)cccc43)c(Cl)cc2CNC(CO)C(=O)O)c1. The minimum atomic E-state index is -1.21. The second-order valence-corrected chi connectivity index (χ2v) is 10.7. The lowest BCUT2D eigenvalue weighted by Gasteiger charge is -2.20. The van der Waals surface area contributed by atoms with Crippen molar-refractivity contribution >= 4 is 17.6 Å². The summed E-state index contributed by atoms with van der Waals surface area (Å²) < 4.78 is 27.2. The zero-order valence-electron chi connectivity index (χ0n) is 23.4. The molecule has 2 atom stereocenters. The normalized spacial score (nSPS) is 14.2. The van der Waals surface area contributed by atoms with Crippen LogP contribution in [-0.4, -0.2) is 28.8 Å². The number of aliphatic carboxylic acids is 1. The quantitative estimate of drug-likeness (QED) is 0.186. The summed E-state index contributed by atoms with van der Waals surface area (Å²) in [5.41, 5.74) is 4.99. The highest BCUT2D eigenvalue weighted by Crippen LogP contribution is 2.43. The topological polar surface area (TPSA) is 136 Å². The summed E-state index contributed by atoms with van der Waals surface area (Å²) in [6, 6.07) is 23.2. The van der Waals surface area contributed by atoms with Crippen LogP contribution in [0.5, 0.6) is 11.5 Å². The third-order valence-corrected chi connectivity index (χ3v) is 7.72. The van der Waals surface area contributed by atoms with Crippen molar-refractivity contribution in [3.05, 3.63) is 117 Å². The summed E-state index contributed by atoms with van der Waals surface area (Å²) in [5.74, 6) is -0.848. The molecular weight excluding hydrogens is 585 g/mol. The van der Waals surface area contributed by atoms with Gasteiger partial charge < -0.3 is 19.7 Å². The molecule has 44 heavy (non-hydrogen) atoms.